The lowest BCUT2D eigenvalue weighted by Gasteiger charge is -2.22. The summed E-state index contributed by atoms with van der Waals surface area (Å²) in [5.74, 6) is 0.538. The van der Waals surface area contributed by atoms with Crippen LogP contribution in [0.15, 0.2) is 6.20 Å². The molecule has 1 amide bonds. The maximum Gasteiger partial charge on any atom is 0.273 e. The number of nitrogens with zero attached hydrogens (tertiary/aromatic N) is 3. The van der Waals surface area contributed by atoms with Crippen molar-refractivity contribution in [2.24, 2.45) is 5.92 Å². The lowest BCUT2D eigenvalue weighted by atomic mass is 10.0. The van der Waals surface area contributed by atoms with E-state index in [1.807, 2.05) is 11.6 Å². The predicted molar refractivity (Wildman–Crippen MR) is 82.2 cm³/mol. The lowest BCUT2D eigenvalue weighted by molar-refractivity contribution is 0.0932. The highest BCUT2D eigenvalue weighted by Crippen LogP contribution is 2.17. The summed E-state index contributed by atoms with van der Waals surface area (Å²) in [6.45, 7) is 8.42. The van der Waals surface area contributed by atoms with Gasteiger partial charge < -0.3 is 10.6 Å². The summed E-state index contributed by atoms with van der Waals surface area (Å²) in [6, 6.07) is 0.530. The minimum absolute atomic E-state index is 0.119. The number of rotatable bonds is 6. The second-order valence-corrected chi connectivity index (χ2v) is 6.41. The van der Waals surface area contributed by atoms with Crippen LogP contribution in [0.2, 0.25) is 0 Å². The minimum atomic E-state index is -0.119. The zero-order chi connectivity index (χ0) is 15.2. The fourth-order valence-electron chi connectivity index (χ4n) is 2.58. The number of carbonyl (C=O) groups excluding carboxylic acids is 1. The van der Waals surface area contributed by atoms with Crippen LogP contribution in [0.3, 0.4) is 0 Å². The average molecular weight is 293 g/mol. The largest absolute Gasteiger partial charge is 0.348 e. The molecular formula is C15H27N5O. The first-order chi connectivity index (χ1) is 10.1. The van der Waals surface area contributed by atoms with Crippen molar-refractivity contribution < 1.29 is 4.79 Å². The Morgan fingerprint density at radius 3 is 2.76 bits per heavy atom. The molecule has 1 saturated heterocycles. The smallest absolute Gasteiger partial charge is 0.273 e. The third-order valence-corrected chi connectivity index (χ3v) is 3.98. The Hall–Kier alpha value is -1.43. The van der Waals surface area contributed by atoms with Crippen LogP contribution in [0.5, 0.6) is 0 Å². The molecule has 1 unspecified atom stereocenters. The molecule has 0 aliphatic carbocycles. The normalized spacial score (nSPS) is 17.9. The molecule has 0 spiro atoms. The minimum Gasteiger partial charge on any atom is -0.348 e. The molecule has 2 heterocycles. The maximum absolute atomic E-state index is 12.2. The van der Waals surface area contributed by atoms with Crippen LogP contribution < -0.4 is 10.6 Å². The molecule has 6 nitrogen and oxygen atoms in total. The molecule has 118 valence electrons. The van der Waals surface area contributed by atoms with Gasteiger partial charge in [-0.2, -0.15) is 0 Å². The van der Waals surface area contributed by atoms with E-state index in [4.69, 9.17) is 0 Å². The van der Waals surface area contributed by atoms with Crippen LogP contribution in [-0.2, 0) is 0 Å². The van der Waals surface area contributed by atoms with Crippen molar-refractivity contribution in [1.82, 2.24) is 25.6 Å². The summed E-state index contributed by atoms with van der Waals surface area (Å²) in [5, 5.41) is 14.5. The van der Waals surface area contributed by atoms with Gasteiger partial charge >= 0.3 is 0 Å². The Bertz CT molecular complexity index is 451. The molecule has 2 N–H and O–H groups in total. The van der Waals surface area contributed by atoms with E-state index in [0.717, 1.165) is 38.8 Å². The molecule has 1 aliphatic heterocycles. The second kappa shape index (κ2) is 7.54. The Morgan fingerprint density at radius 2 is 2.10 bits per heavy atom. The molecule has 1 atom stereocenters. The van der Waals surface area contributed by atoms with E-state index in [9.17, 15) is 4.79 Å². The number of nitrogens with one attached hydrogen (secondary N) is 2. The van der Waals surface area contributed by atoms with Crippen LogP contribution in [0, 0.1) is 5.92 Å². The zero-order valence-electron chi connectivity index (χ0n) is 13.3. The molecule has 1 aliphatic rings. The van der Waals surface area contributed by atoms with E-state index >= 15 is 0 Å². The topological polar surface area (TPSA) is 71.8 Å². The number of amides is 1. The number of aromatic nitrogens is 3. The highest BCUT2D eigenvalue weighted by Gasteiger charge is 2.19. The van der Waals surface area contributed by atoms with Gasteiger partial charge in [0.25, 0.3) is 5.91 Å². The van der Waals surface area contributed by atoms with Crippen LogP contribution in [0.25, 0.3) is 0 Å². The van der Waals surface area contributed by atoms with Gasteiger partial charge in [-0.05, 0) is 51.6 Å². The van der Waals surface area contributed by atoms with E-state index in [-0.39, 0.29) is 11.9 Å². The van der Waals surface area contributed by atoms with Gasteiger partial charge in [0.05, 0.1) is 12.2 Å². The first-order valence-electron chi connectivity index (χ1n) is 7.99. The zero-order valence-corrected chi connectivity index (χ0v) is 13.3. The van der Waals surface area contributed by atoms with Crippen molar-refractivity contribution >= 4 is 5.91 Å². The van der Waals surface area contributed by atoms with E-state index < -0.39 is 0 Å². The molecule has 21 heavy (non-hydrogen) atoms. The van der Waals surface area contributed by atoms with E-state index in [0.29, 0.717) is 17.7 Å². The summed E-state index contributed by atoms with van der Waals surface area (Å²) in [5.41, 5.74) is 0.421. The van der Waals surface area contributed by atoms with E-state index in [1.165, 1.54) is 0 Å². The highest BCUT2D eigenvalue weighted by atomic mass is 16.2. The van der Waals surface area contributed by atoms with Crippen molar-refractivity contribution in [3.63, 3.8) is 0 Å². The van der Waals surface area contributed by atoms with Gasteiger partial charge in [0.1, 0.15) is 0 Å². The van der Waals surface area contributed by atoms with Crippen molar-refractivity contribution in [1.29, 1.82) is 0 Å². The first kappa shape index (κ1) is 15.9. The summed E-state index contributed by atoms with van der Waals surface area (Å²) < 4.78 is 1.84. The third kappa shape index (κ3) is 4.81. The van der Waals surface area contributed by atoms with Gasteiger partial charge in [0.15, 0.2) is 5.69 Å². The van der Waals surface area contributed by atoms with Crippen molar-refractivity contribution in [3.8, 4) is 0 Å². The van der Waals surface area contributed by atoms with Crippen LogP contribution in [0.4, 0.5) is 0 Å². The van der Waals surface area contributed by atoms with Crippen molar-refractivity contribution in [2.45, 2.75) is 58.5 Å². The quantitative estimate of drug-likeness (QED) is 0.838. The summed E-state index contributed by atoms with van der Waals surface area (Å²) in [7, 11) is 0. The van der Waals surface area contributed by atoms with Crippen LogP contribution >= 0.6 is 0 Å². The highest BCUT2D eigenvalue weighted by molar-refractivity contribution is 5.92. The van der Waals surface area contributed by atoms with Gasteiger partial charge in [-0.1, -0.05) is 19.1 Å². The SMILES string of the molecule is CC(C)CCC(C)NC(=O)c1cn(C2CCNCC2)nn1. The third-order valence-electron chi connectivity index (χ3n) is 3.98. The molecule has 0 aromatic carbocycles. The van der Waals surface area contributed by atoms with E-state index in [2.05, 4.69) is 34.8 Å². The molecule has 1 aromatic heterocycles. The standard InChI is InChI=1S/C15H27N5O/c1-11(2)4-5-12(3)17-15(21)14-10-20(19-18-14)13-6-8-16-9-7-13/h10-13,16H,4-9H2,1-3H3,(H,17,21). The monoisotopic (exact) mass is 293 g/mol. The molecule has 6 heteroatoms. The second-order valence-electron chi connectivity index (χ2n) is 6.41. The average Bonchev–Trinajstić information content (AvgIpc) is 2.96. The molecular weight excluding hydrogens is 266 g/mol. The Labute approximate surface area is 126 Å². The fourth-order valence-corrected chi connectivity index (χ4v) is 2.58. The Kier molecular flexibility index (Phi) is 5.73. The van der Waals surface area contributed by atoms with Gasteiger partial charge in [-0.3, -0.25) is 4.79 Å². The summed E-state index contributed by atoms with van der Waals surface area (Å²) >= 11 is 0. The summed E-state index contributed by atoms with van der Waals surface area (Å²) in [4.78, 5) is 12.2. The van der Waals surface area contributed by atoms with Crippen LogP contribution in [0.1, 0.15) is 63.0 Å². The van der Waals surface area contributed by atoms with Crippen LogP contribution in [-0.4, -0.2) is 40.0 Å². The van der Waals surface area contributed by atoms with Crippen molar-refractivity contribution in [3.05, 3.63) is 11.9 Å². The number of carbonyl (C=O) groups is 1. The van der Waals surface area contributed by atoms with Crippen molar-refractivity contribution in [2.75, 3.05) is 13.1 Å². The molecule has 0 bridgehead atoms. The molecule has 1 aromatic rings. The Balaban J connectivity index is 1.86. The van der Waals surface area contributed by atoms with Gasteiger partial charge in [0, 0.05) is 6.04 Å². The fraction of sp³-hybridized carbons (Fsp3) is 0.800. The molecule has 0 radical (unpaired) electrons. The molecule has 1 fully saturated rings. The number of hydrogen-bond donors (Lipinski definition) is 2. The Morgan fingerprint density at radius 1 is 1.38 bits per heavy atom. The van der Waals surface area contributed by atoms with E-state index in [1.54, 1.807) is 6.20 Å². The van der Waals surface area contributed by atoms with Gasteiger partial charge in [0.2, 0.25) is 0 Å². The lowest BCUT2D eigenvalue weighted by Crippen LogP contribution is -2.33. The summed E-state index contributed by atoms with van der Waals surface area (Å²) in [6.07, 6.45) is 5.96. The van der Waals surface area contributed by atoms with Gasteiger partial charge in [-0.25, -0.2) is 4.68 Å². The first-order valence-corrected chi connectivity index (χ1v) is 7.99. The molecule has 0 saturated carbocycles. The number of piperidine rings is 1. The predicted octanol–water partition coefficient (Wildman–Crippen LogP) is 1.76. The van der Waals surface area contributed by atoms with Gasteiger partial charge in [-0.15, -0.1) is 5.10 Å². The maximum atomic E-state index is 12.2. The molecule has 2 rings (SSSR count). The number of hydrogen-bond acceptors (Lipinski definition) is 4.